The lowest BCUT2D eigenvalue weighted by Crippen LogP contribution is -2.63. The molecular weight excluding hydrogens is 620 g/mol. The van der Waals surface area contributed by atoms with Crippen LogP contribution in [0.2, 0.25) is 5.02 Å². The molecule has 0 aromatic heterocycles. The molecule has 0 spiro atoms. The molecular formula is C33H45ClN2O10. The number of benzene rings is 1. The summed E-state index contributed by atoms with van der Waals surface area (Å²) in [7, 11) is 5.92. The molecule has 13 heteroatoms. The van der Waals surface area contributed by atoms with Gasteiger partial charge in [-0.05, 0) is 51.8 Å². The van der Waals surface area contributed by atoms with E-state index in [-0.39, 0.29) is 17.9 Å². The van der Waals surface area contributed by atoms with Gasteiger partial charge in [0.15, 0.2) is 11.3 Å². The Morgan fingerprint density at radius 2 is 1.91 bits per heavy atom. The second-order valence-corrected chi connectivity index (χ2v) is 13.3. The van der Waals surface area contributed by atoms with Crippen LogP contribution in [-0.4, -0.2) is 92.8 Å². The third-order valence-electron chi connectivity index (χ3n) is 9.20. The summed E-state index contributed by atoms with van der Waals surface area (Å²) in [5.74, 6) is -1.16. The number of anilines is 1. The first-order valence-electron chi connectivity index (χ1n) is 15.1. The summed E-state index contributed by atoms with van der Waals surface area (Å²) in [6, 6.07) is 3.61. The van der Waals surface area contributed by atoms with Crippen LogP contribution < -0.4 is 15.0 Å². The maximum Gasteiger partial charge on any atom is 0.409 e. The Morgan fingerprint density at radius 1 is 1.22 bits per heavy atom. The first-order chi connectivity index (χ1) is 21.5. The summed E-state index contributed by atoms with van der Waals surface area (Å²) in [6.45, 7) is 8.61. The van der Waals surface area contributed by atoms with Crippen molar-refractivity contribution in [2.24, 2.45) is 5.92 Å². The zero-order valence-electron chi connectivity index (χ0n) is 27.8. The number of rotatable bonds is 5. The van der Waals surface area contributed by atoms with E-state index in [0.29, 0.717) is 17.9 Å². The van der Waals surface area contributed by atoms with E-state index in [2.05, 4.69) is 5.32 Å². The topological polar surface area (TPSA) is 145 Å². The van der Waals surface area contributed by atoms with Gasteiger partial charge in [-0.1, -0.05) is 42.3 Å². The number of ether oxygens (including phenoxy) is 6. The molecule has 2 fully saturated rings. The second kappa shape index (κ2) is 13.5. The Morgan fingerprint density at radius 3 is 2.54 bits per heavy atom. The molecule has 3 aliphatic heterocycles. The number of carbonyl (C=O) groups excluding carboxylic acids is 3. The van der Waals surface area contributed by atoms with Crippen LogP contribution in [0.15, 0.2) is 35.9 Å². The van der Waals surface area contributed by atoms with Crippen molar-refractivity contribution >= 4 is 35.3 Å². The van der Waals surface area contributed by atoms with Gasteiger partial charge in [-0.2, -0.15) is 0 Å². The predicted molar refractivity (Wildman–Crippen MR) is 170 cm³/mol. The van der Waals surface area contributed by atoms with Gasteiger partial charge >= 0.3 is 12.1 Å². The average Bonchev–Trinajstić information content (AvgIpc) is 3.70. The average molecular weight is 665 g/mol. The van der Waals surface area contributed by atoms with Crippen molar-refractivity contribution in [3.8, 4) is 5.75 Å². The number of allylic oxidation sites excluding steroid dienone is 3. The number of nitrogens with zero attached hydrogens (tertiary/aromatic N) is 1. The van der Waals surface area contributed by atoms with Gasteiger partial charge in [-0.15, -0.1) is 0 Å². The summed E-state index contributed by atoms with van der Waals surface area (Å²) < 4.78 is 34.2. The van der Waals surface area contributed by atoms with Crippen LogP contribution in [0.4, 0.5) is 10.5 Å². The summed E-state index contributed by atoms with van der Waals surface area (Å²) in [4.78, 5) is 41.3. The van der Waals surface area contributed by atoms with Crippen molar-refractivity contribution in [3.05, 3.63) is 46.5 Å². The van der Waals surface area contributed by atoms with Gasteiger partial charge in [0.05, 0.1) is 25.3 Å². The van der Waals surface area contributed by atoms with Crippen molar-refractivity contribution in [3.63, 3.8) is 0 Å². The number of halogens is 1. The zero-order valence-corrected chi connectivity index (χ0v) is 28.6. The van der Waals surface area contributed by atoms with Gasteiger partial charge in [-0.3, -0.25) is 10.1 Å². The van der Waals surface area contributed by atoms with E-state index >= 15 is 0 Å². The molecule has 2 N–H and O–H groups in total. The number of hydrogen-bond acceptors (Lipinski definition) is 10. The third-order valence-corrected chi connectivity index (χ3v) is 9.58. The number of methoxy groups -OCH3 is 3. The van der Waals surface area contributed by atoms with E-state index in [9.17, 15) is 19.5 Å². The number of nitrogens with one attached hydrogen (secondary N) is 1. The number of carbonyl (C=O) groups is 3. The summed E-state index contributed by atoms with van der Waals surface area (Å²) in [6.07, 6.45) is 1.31. The SMILES string of the molecule is COc1cc2cc(c1Cl)N(C)C(=O)CC(OC(=O)C(C)(C)OC)C1(C)OC1C(C)C1CC(O)(NC(=O)O1)C(OC)/C=C/C=C(\C)C2. The maximum atomic E-state index is 13.9. The predicted octanol–water partition coefficient (Wildman–Crippen LogP) is 4.09. The highest BCUT2D eigenvalue weighted by Gasteiger charge is 2.64. The normalized spacial score (nSPS) is 33.9. The largest absolute Gasteiger partial charge is 0.495 e. The molecule has 4 rings (SSSR count). The molecule has 254 valence electrons. The Hall–Kier alpha value is -3.16. The van der Waals surface area contributed by atoms with E-state index in [4.69, 9.17) is 40.0 Å². The maximum absolute atomic E-state index is 13.9. The first kappa shape index (κ1) is 35.7. The first-order valence-corrected chi connectivity index (χ1v) is 15.5. The molecule has 3 heterocycles. The van der Waals surface area contributed by atoms with E-state index < -0.39 is 65.2 Å². The Bertz CT molecular complexity index is 1410. The highest BCUT2D eigenvalue weighted by atomic mass is 35.5. The summed E-state index contributed by atoms with van der Waals surface area (Å²) in [5, 5.41) is 14.4. The number of epoxide rings is 1. The molecule has 1 aromatic rings. The molecule has 12 nitrogen and oxygen atoms in total. The van der Waals surface area contributed by atoms with Crippen LogP contribution in [0, 0.1) is 5.92 Å². The van der Waals surface area contributed by atoms with E-state index in [1.165, 1.54) is 26.2 Å². The van der Waals surface area contributed by atoms with Crippen LogP contribution in [0.1, 0.15) is 53.0 Å². The summed E-state index contributed by atoms with van der Waals surface area (Å²) >= 11 is 6.70. The van der Waals surface area contributed by atoms with Crippen molar-refractivity contribution in [1.82, 2.24) is 5.32 Å². The number of fused-ring (bicyclic) bond motifs is 5. The van der Waals surface area contributed by atoms with E-state index in [1.54, 1.807) is 46.0 Å². The highest BCUT2D eigenvalue weighted by Crippen LogP contribution is 2.49. The highest BCUT2D eigenvalue weighted by molar-refractivity contribution is 6.35. The zero-order chi connectivity index (χ0) is 34.2. The fraction of sp³-hybridized carbons (Fsp3) is 0.606. The molecule has 1 aromatic carbocycles. The van der Waals surface area contributed by atoms with Crippen molar-refractivity contribution in [2.45, 2.75) is 95.2 Å². The lowest BCUT2D eigenvalue weighted by Gasteiger charge is -2.42. The molecule has 46 heavy (non-hydrogen) atoms. The molecule has 0 saturated carbocycles. The van der Waals surface area contributed by atoms with Gasteiger partial charge < -0.3 is 38.4 Å². The standard InChI is InChI=1S/C33H45ClN2O10/c1-18-11-10-12-24(42-8)33(40)17-23(44-30(39)35-33)19(2)28-32(5,46-28)25(45-29(38)31(3,4)43-9)16-26(37)36(6)21-14-20(13-18)15-22(41-7)27(21)34/h10-12,14-15,19,23-25,28,40H,13,16-17H2,1-9H3,(H,35,39)/b12-10+,18-11+. The van der Waals surface area contributed by atoms with Gasteiger partial charge in [0.2, 0.25) is 5.91 Å². The lowest BCUT2D eigenvalue weighted by molar-refractivity contribution is -0.174. The molecule has 2 amide bonds. The molecule has 7 unspecified atom stereocenters. The molecule has 0 radical (unpaired) electrons. The number of amides is 2. The molecule has 7 atom stereocenters. The van der Waals surface area contributed by atoms with Crippen LogP contribution >= 0.6 is 11.6 Å². The lowest BCUT2D eigenvalue weighted by atomic mass is 9.83. The minimum Gasteiger partial charge on any atom is -0.495 e. The monoisotopic (exact) mass is 664 g/mol. The van der Waals surface area contributed by atoms with Crippen LogP contribution in [0.25, 0.3) is 0 Å². The number of alkyl carbamates (subject to hydrolysis) is 1. The second-order valence-electron chi connectivity index (χ2n) is 12.9. The number of hydrogen-bond donors (Lipinski definition) is 2. The van der Waals surface area contributed by atoms with Gasteiger partial charge in [0.1, 0.15) is 34.7 Å². The number of esters is 1. The minimum absolute atomic E-state index is 0.0195. The van der Waals surface area contributed by atoms with Crippen molar-refractivity contribution in [2.75, 3.05) is 33.3 Å². The third kappa shape index (κ3) is 7.21. The van der Waals surface area contributed by atoms with Crippen LogP contribution in [0.5, 0.6) is 5.75 Å². The van der Waals surface area contributed by atoms with Crippen LogP contribution in [-0.2, 0) is 39.7 Å². The fourth-order valence-corrected chi connectivity index (χ4v) is 6.27. The van der Waals surface area contributed by atoms with Gasteiger partial charge in [-0.25, -0.2) is 9.59 Å². The number of aliphatic hydroxyl groups is 1. The van der Waals surface area contributed by atoms with Crippen molar-refractivity contribution in [1.29, 1.82) is 0 Å². The Balaban J connectivity index is 1.81. The summed E-state index contributed by atoms with van der Waals surface area (Å²) in [5.41, 5.74) is -2.04. The van der Waals surface area contributed by atoms with E-state index in [0.717, 1.165) is 11.1 Å². The molecule has 0 aliphatic carbocycles. The van der Waals surface area contributed by atoms with Crippen LogP contribution in [0.3, 0.4) is 0 Å². The van der Waals surface area contributed by atoms with Crippen molar-refractivity contribution < 1.29 is 47.9 Å². The molecule has 2 saturated heterocycles. The molecule has 3 aliphatic rings. The van der Waals surface area contributed by atoms with E-state index in [1.807, 2.05) is 26.0 Å². The quantitative estimate of drug-likeness (QED) is 0.349. The Kier molecular flexibility index (Phi) is 10.5. The van der Waals surface area contributed by atoms with Gasteiger partial charge in [0.25, 0.3) is 0 Å². The van der Waals surface area contributed by atoms with Gasteiger partial charge in [0, 0.05) is 33.6 Å². The Labute approximate surface area is 274 Å². The smallest absolute Gasteiger partial charge is 0.409 e. The molecule has 4 bridgehead atoms. The fourth-order valence-electron chi connectivity index (χ4n) is 5.96. The minimum atomic E-state index is -1.79.